The Bertz CT molecular complexity index is 338. The van der Waals surface area contributed by atoms with Gasteiger partial charge in [-0.15, -0.1) is 0 Å². The number of nitrogens with one attached hydrogen (secondary N) is 1. The van der Waals surface area contributed by atoms with Gasteiger partial charge >= 0.3 is 0 Å². The zero-order valence-electron chi connectivity index (χ0n) is 7.27. The van der Waals surface area contributed by atoms with Crippen LogP contribution in [0.2, 0.25) is 0 Å². The van der Waals surface area contributed by atoms with E-state index >= 15 is 0 Å². The van der Waals surface area contributed by atoms with Crippen LogP contribution in [0.4, 0.5) is 0 Å². The fraction of sp³-hybridized carbons (Fsp3) is 0.0909. The molecule has 1 aromatic heterocycles. The molecule has 0 fully saturated rings. The van der Waals surface area contributed by atoms with Crippen molar-refractivity contribution < 1.29 is 0 Å². The Hall–Kier alpha value is -1.57. The molecular formula is C11H11N2. The normalized spacial score (nSPS) is 10.2. The highest BCUT2D eigenvalue weighted by Gasteiger charge is 1.95. The Kier molecular flexibility index (Phi) is 2.41. The smallest absolute Gasteiger partial charge is 0.106 e. The van der Waals surface area contributed by atoms with Gasteiger partial charge in [0.1, 0.15) is 5.82 Å². The molecule has 65 valence electrons. The highest BCUT2D eigenvalue weighted by atomic mass is 14.9. The molecule has 1 aromatic carbocycles. The number of benzene rings is 1. The van der Waals surface area contributed by atoms with Gasteiger partial charge in [0.15, 0.2) is 0 Å². The molecule has 13 heavy (non-hydrogen) atoms. The van der Waals surface area contributed by atoms with Crippen LogP contribution in [0.15, 0.2) is 42.7 Å². The van der Waals surface area contributed by atoms with Gasteiger partial charge in [0.25, 0.3) is 0 Å². The summed E-state index contributed by atoms with van der Waals surface area (Å²) >= 11 is 0. The summed E-state index contributed by atoms with van der Waals surface area (Å²) in [6.45, 7) is 0. The van der Waals surface area contributed by atoms with E-state index in [-0.39, 0.29) is 0 Å². The third-order valence-electron chi connectivity index (χ3n) is 1.89. The number of aromatic amines is 1. The van der Waals surface area contributed by atoms with Crippen molar-refractivity contribution in [3.63, 3.8) is 0 Å². The zero-order valence-corrected chi connectivity index (χ0v) is 7.27. The summed E-state index contributed by atoms with van der Waals surface area (Å²) in [6.07, 6.45) is 6.62. The first-order valence-corrected chi connectivity index (χ1v) is 4.31. The monoisotopic (exact) mass is 171 g/mol. The SMILES string of the molecule is [CH](Cc1ncc[nH]1)c1ccccc1. The molecule has 2 heteroatoms. The summed E-state index contributed by atoms with van der Waals surface area (Å²) in [5, 5.41) is 0. The van der Waals surface area contributed by atoms with Crippen LogP contribution in [0.25, 0.3) is 0 Å². The topological polar surface area (TPSA) is 28.7 Å². The minimum Gasteiger partial charge on any atom is -0.349 e. The summed E-state index contributed by atoms with van der Waals surface area (Å²) in [4.78, 5) is 7.21. The number of hydrogen-bond donors (Lipinski definition) is 1. The summed E-state index contributed by atoms with van der Waals surface area (Å²) in [7, 11) is 0. The second kappa shape index (κ2) is 3.90. The molecule has 1 N–H and O–H groups in total. The van der Waals surface area contributed by atoms with Crippen LogP contribution < -0.4 is 0 Å². The molecule has 0 atom stereocenters. The molecule has 0 saturated heterocycles. The molecule has 0 aliphatic rings. The predicted molar refractivity (Wildman–Crippen MR) is 52.1 cm³/mol. The number of imidazole rings is 1. The van der Waals surface area contributed by atoms with Crippen molar-refractivity contribution in [3.05, 3.63) is 60.5 Å². The van der Waals surface area contributed by atoms with Crippen molar-refractivity contribution >= 4 is 0 Å². The number of hydrogen-bond acceptors (Lipinski definition) is 1. The van der Waals surface area contributed by atoms with Gasteiger partial charge in [-0.3, -0.25) is 0 Å². The number of nitrogens with zero attached hydrogens (tertiary/aromatic N) is 1. The van der Waals surface area contributed by atoms with Crippen molar-refractivity contribution in [3.8, 4) is 0 Å². The molecule has 0 aliphatic heterocycles. The highest BCUT2D eigenvalue weighted by Crippen LogP contribution is 2.05. The van der Waals surface area contributed by atoms with Crippen LogP contribution in [0, 0.1) is 6.42 Å². The number of aromatic nitrogens is 2. The Labute approximate surface area is 77.6 Å². The van der Waals surface area contributed by atoms with E-state index in [9.17, 15) is 0 Å². The second-order valence-corrected chi connectivity index (χ2v) is 2.85. The molecule has 2 nitrogen and oxygen atoms in total. The fourth-order valence-corrected chi connectivity index (χ4v) is 1.21. The largest absolute Gasteiger partial charge is 0.349 e. The van der Waals surface area contributed by atoms with Gasteiger partial charge in [0, 0.05) is 18.8 Å². The highest BCUT2D eigenvalue weighted by molar-refractivity contribution is 5.23. The predicted octanol–water partition coefficient (Wildman–Crippen LogP) is 2.20. The Morgan fingerprint density at radius 3 is 2.77 bits per heavy atom. The Morgan fingerprint density at radius 2 is 2.08 bits per heavy atom. The van der Waals surface area contributed by atoms with Crippen LogP contribution in [0.5, 0.6) is 0 Å². The molecule has 2 rings (SSSR count). The molecular weight excluding hydrogens is 160 g/mol. The van der Waals surface area contributed by atoms with Crippen LogP contribution >= 0.6 is 0 Å². The van der Waals surface area contributed by atoms with Gasteiger partial charge in [0.2, 0.25) is 0 Å². The molecule has 0 saturated carbocycles. The van der Waals surface area contributed by atoms with Gasteiger partial charge < -0.3 is 4.98 Å². The standard InChI is InChI=1S/C11H11N2/c1-2-4-10(5-3-1)6-7-11-12-8-9-13-11/h1-6,8-9H,7H2,(H,12,13). The van der Waals surface area contributed by atoms with Crippen LogP contribution in [0.3, 0.4) is 0 Å². The van der Waals surface area contributed by atoms with Crippen LogP contribution in [0.1, 0.15) is 11.4 Å². The first kappa shape index (κ1) is 8.05. The summed E-state index contributed by atoms with van der Waals surface area (Å²) < 4.78 is 0. The van der Waals surface area contributed by atoms with Crippen molar-refractivity contribution in [2.24, 2.45) is 0 Å². The molecule has 2 aromatic rings. The minimum atomic E-state index is 0.858. The van der Waals surface area contributed by atoms with Gasteiger partial charge in [-0.1, -0.05) is 30.3 Å². The van der Waals surface area contributed by atoms with E-state index in [2.05, 4.69) is 28.5 Å². The van der Waals surface area contributed by atoms with E-state index in [0.29, 0.717) is 0 Å². The molecule has 0 unspecified atom stereocenters. The first-order valence-electron chi connectivity index (χ1n) is 4.31. The average Bonchev–Trinajstić information content (AvgIpc) is 2.69. The van der Waals surface area contributed by atoms with Gasteiger partial charge in [-0.05, 0) is 12.0 Å². The Morgan fingerprint density at radius 1 is 1.23 bits per heavy atom. The summed E-state index contributed by atoms with van der Waals surface area (Å²) in [5.74, 6) is 1.00. The maximum Gasteiger partial charge on any atom is 0.106 e. The lowest BCUT2D eigenvalue weighted by Gasteiger charge is -1.97. The van der Waals surface area contributed by atoms with Crippen molar-refractivity contribution in [1.82, 2.24) is 9.97 Å². The summed E-state index contributed by atoms with van der Waals surface area (Å²) in [6, 6.07) is 10.3. The average molecular weight is 171 g/mol. The molecule has 0 spiro atoms. The van der Waals surface area contributed by atoms with E-state index in [1.807, 2.05) is 24.4 Å². The Balaban J connectivity index is 1.94. The first-order chi connectivity index (χ1) is 6.45. The van der Waals surface area contributed by atoms with Gasteiger partial charge in [-0.2, -0.15) is 0 Å². The zero-order chi connectivity index (χ0) is 8.93. The summed E-state index contributed by atoms with van der Waals surface area (Å²) in [5.41, 5.74) is 1.24. The van der Waals surface area contributed by atoms with E-state index in [1.165, 1.54) is 5.56 Å². The van der Waals surface area contributed by atoms with Gasteiger partial charge in [0.05, 0.1) is 0 Å². The van der Waals surface area contributed by atoms with E-state index in [1.54, 1.807) is 6.20 Å². The quantitative estimate of drug-likeness (QED) is 0.753. The lowest BCUT2D eigenvalue weighted by Crippen LogP contribution is -1.90. The van der Waals surface area contributed by atoms with Crippen LogP contribution in [-0.4, -0.2) is 9.97 Å². The number of H-pyrrole nitrogens is 1. The molecule has 0 amide bonds. The lowest BCUT2D eigenvalue weighted by atomic mass is 10.1. The molecule has 1 radical (unpaired) electrons. The van der Waals surface area contributed by atoms with Crippen molar-refractivity contribution in [2.75, 3.05) is 0 Å². The molecule has 0 aliphatic carbocycles. The third-order valence-corrected chi connectivity index (χ3v) is 1.89. The fourth-order valence-electron chi connectivity index (χ4n) is 1.21. The van der Waals surface area contributed by atoms with Crippen molar-refractivity contribution in [1.29, 1.82) is 0 Å². The third kappa shape index (κ3) is 2.18. The maximum atomic E-state index is 4.14. The van der Waals surface area contributed by atoms with E-state index < -0.39 is 0 Å². The molecule has 1 heterocycles. The van der Waals surface area contributed by atoms with E-state index in [0.717, 1.165) is 12.2 Å². The lowest BCUT2D eigenvalue weighted by molar-refractivity contribution is 1.01. The number of rotatable bonds is 3. The minimum absolute atomic E-state index is 0.858. The van der Waals surface area contributed by atoms with E-state index in [4.69, 9.17) is 0 Å². The van der Waals surface area contributed by atoms with Gasteiger partial charge in [-0.25, -0.2) is 4.98 Å². The molecule has 0 bridgehead atoms. The second-order valence-electron chi connectivity index (χ2n) is 2.85. The van der Waals surface area contributed by atoms with Crippen molar-refractivity contribution in [2.45, 2.75) is 6.42 Å². The van der Waals surface area contributed by atoms with Crippen LogP contribution in [-0.2, 0) is 6.42 Å². The maximum absolute atomic E-state index is 4.14.